The SMILES string of the molecule is Cn1ncc(Br)c1C1CCCCCC1. The fourth-order valence-electron chi connectivity index (χ4n) is 2.43. The van der Waals surface area contributed by atoms with E-state index in [-0.39, 0.29) is 0 Å². The van der Waals surface area contributed by atoms with Gasteiger partial charge in [-0.2, -0.15) is 5.10 Å². The Bertz CT molecular complexity index is 279. The van der Waals surface area contributed by atoms with Crippen molar-refractivity contribution in [1.82, 2.24) is 9.78 Å². The molecule has 14 heavy (non-hydrogen) atoms. The lowest BCUT2D eigenvalue weighted by molar-refractivity contribution is 0.539. The van der Waals surface area contributed by atoms with Gasteiger partial charge in [-0.3, -0.25) is 4.68 Å². The van der Waals surface area contributed by atoms with Crippen molar-refractivity contribution in [2.24, 2.45) is 7.05 Å². The highest BCUT2D eigenvalue weighted by atomic mass is 79.9. The molecule has 0 N–H and O–H groups in total. The summed E-state index contributed by atoms with van der Waals surface area (Å²) in [6, 6.07) is 0. The van der Waals surface area contributed by atoms with Crippen molar-refractivity contribution in [1.29, 1.82) is 0 Å². The van der Waals surface area contributed by atoms with Crippen molar-refractivity contribution in [2.75, 3.05) is 0 Å². The number of hydrogen-bond donors (Lipinski definition) is 0. The van der Waals surface area contributed by atoms with Gasteiger partial charge in [-0.1, -0.05) is 25.7 Å². The van der Waals surface area contributed by atoms with Crippen LogP contribution < -0.4 is 0 Å². The lowest BCUT2D eigenvalue weighted by Crippen LogP contribution is -2.05. The van der Waals surface area contributed by atoms with Gasteiger partial charge in [0.25, 0.3) is 0 Å². The Morgan fingerprint density at radius 3 is 2.43 bits per heavy atom. The molecular formula is C11H17BrN2. The summed E-state index contributed by atoms with van der Waals surface area (Å²) in [5, 5.41) is 4.29. The molecule has 1 fully saturated rings. The minimum Gasteiger partial charge on any atom is -0.271 e. The van der Waals surface area contributed by atoms with Gasteiger partial charge in [0.15, 0.2) is 0 Å². The first kappa shape index (κ1) is 10.2. The third-order valence-corrected chi connectivity index (χ3v) is 3.79. The van der Waals surface area contributed by atoms with Gasteiger partial charge in [-0.15, -0.1) is 0 Å². The van der Waals surface area contributed by atoms with E-state index in [1.807, 2.05) is 17.9 Å². The molecule has 1 aromatic heterocycles. The molecule has 0 radical (unpaired) electrons. The van der Waals surface area contributed by atoms with E-state index < -0.39 is 0 Å². The number of aryl methyl sites for hydroxylation is 1. The molecule has 0 aliphatic heterocycles. The third-order valence-electron chi connectivity index (χ3n) is 3.18. The molecule has 2 rings (SSSR count). The van der Waals surface area contributed by atoms with E-state index in [1.54, 1.807) is 0 Å². The molecule has 3 heteroatoms. The van der Waals surface area contributed by atoms with E-state index in [0.717, 1.165) is 5.92 Å². The van der Waals surface area contributed by atoms with Crippen LogP contribution in [0.5, 0.6) is 0 Å². The third kappa shape index (κ3) is 2.02. The van der Waals surface area contributed by atoms with Crippen LogP contribution >= 0.6 is 15.9 Å². The molecule has 1 aliphatic carbocycles. The van der Waals surface area contributed by atoms with Crippen LogP contribution in [0.2, 0.25) is 0 Å². The molecule has 1 aromatic rings. The second-order valence-electron chi connectivity index (χ2n) is 4.19. The normalized spacial score (nSPS) is 19.6. The van der Waals surface area contributed by atoms with E-state index in [1.165, 1.54) is 48.7 Å². The van der Waals surface area contributed by atoms with Crippen LogP contribution in [0.3, 0.4) is 0 Å². The molecule has 2 nitrogen and oxygen atoms in total. The first-order valence-corrected chi connectivity index (χ1v) is 6.25. The first-order chi connectivity index (χ1) is 6.79. The topological polar surface area (TPSA) is 17.8 Å². The van der Waals surface area contributed by atoms with E-state index >= 15 is 0 Å². The zero-order chi connectivity index (χ0) is 9.97. The summed E-state index contributed by atoms with van der Waals surface area (Å²) < 4.78 is 3.21. The second kappa shape index (κ2) is 4.47. The lowest BCUT2D eigenvalue weighted by atomic mass is 9.97. The fourth-order valence-corrected chi connectivity index (χ4v) is 3.10. The van der Waals surface area contributed by atoms with E-state index in [0.29, 0.717) is 0 Å². The van der Waals surface area contributed by atoms with Crippen molar-refractivity contribution in [3.05, 3.63) is 16.4 Å². The van der Waals surface area contributed by atoms with Gasteiger partial charge >= 0.3 is 0 Å². The predicted octanol–water partition coefficient (Wildman–Crippen LogP) is 3.62. The molecule has 0 atom stereocenters. The van der Waals surface area contributed by atoms with E-state index in [4.69, 9.17) is 0 Å². The van der Waals surface area contributed by atoms with E-state index in [9.17, 15) is 0 Å². The molecule has 1 heterocycles. The Morgan fingerprint density at radius 2 is 1.93 bits per heavy atom. The van der Waals surface area contributed by atoms with Crippen LogP contribution in [0.15, 0.2) is 10.7 Å². The Hall–Kier alpha value is -0.310. The van der Waals surface area contributed by atoms with Gasteiger partial charge < -0.3 is 0 Å². The Labute approximate surface area is 93.8 Å². The van der Waals surface area contributed by atoms with Crippen molar-refractivity contribution >= 4 is 15.9 Å². The summed E-state index contributed by atoms with van der Waals surface area (Å²) >= 11 is 3.59. The highest BCUT2D eigenvalue weighted by Crippen LogP contribution is 2.34. The quantitative estimate of drug-likeness (QED) is 0.702. The molecule has 0 aromatic carbocycles. The summed E-state index contributed by atoms with van der Waals surface area (Å²) in [6.45, 7) is 0. The van der Waals surface area contributed by atoms with E-state index in [2.05, 4.69) is 21.0 Å². The average Bonchev–Trinajstić information content (AvgIpc) is 2.45. The Morgan fingerprint density at radius 1 is 1.29 bits per heavy atom. The molecular weight excluding hydrogens is 240 g/mol. The fraction of sp³-hybridized carbons (Fsp3) is 0.727. The highest BCUT2D eigenvalue weighted by Gasteiger charge is 2.19. The summed E-state index contributed by atoms with van der Waals surface area (Å²) in [6.07, 6.45) is 10.2. The first-order valence-electron chi connectivity index (χ1n) is 5.46. The van der Waals surface area contributed by atoms with Crippen LogP contribution in [0.1, 0.15) is 50.1 Å². The minimum atomic E-state index is 0.722. The maximum absolute atomic E-state index is 4.29. The maximum atomic E-state index is 4.29. The number of nitrogens with zero attached hydrogens (tertiary/aromatic N) is 2. The predicted molar refractivity (Wildman–Crippen MR) is 61.4 cm³/mol. The largest absolute Gasteiger partial charge is 0.271 e. The van der Waals surface area contributed by atoms with Crippen molar-refractivity contribution in [3.8, 4) is 0 Å². The highest BCUT2D eigenvalue weighted by molar-refractivity contribution is 9.10. The summed E-state index contributed by atoms with van der Waals surface area (Å²) in [7, 11) is 2.05. The van der Waals surface area contributed by atoms with Gasteiger partial charge in [0, 0.05) is 13.0 Å². The summed E-state index contributed by atoms with van der Waals surface area (Å²) in [5.41, 5.74) is 1.40. The van der Waals surface area contributed by atoms with Gasteiger partial charge in [-0.25, -0.2) is 0 Å². The van der Waals surface area contributed by atoms with Crippen LogP contribution in [0.4, 0.5) is 0 Å². The number of halogens is 1. The number of hydrogen-bond acceptors (Lipinski definition) is 1. The monoisotopic (exact) mass is 256 g/mol. The molecule has 78 valence electrons. The lowest BCUT2D eigenvalue weighted by Gasteiger charge is -2.14. The number of aromatic nitrogens is 2. The summed E-state index contributed by atoms with van der Waals surface area (Å²) in [5.74, 6) is 0.722. The standard InChI is InChI=1S/C11H17BrN2/c1-14-11(10(12)8-13-14)9-6-4-2-3-5-7-9/h8-9H,2-7H2,1H3. The second-order valence-corrected chi connectivity index (χ2v) is 5.04. The van der Waals surface area contributed by atoms with Gasteiger partial charge in [0.2, 0.25) is 0 Å². The van der Waals surface area contributed by atoms with Crippen molar-refractivity contribution in [2.45, 2.75) is 44.4 Å². The smallest absolute Gasteiger partial charge is 0.0635 e. The van der Waals surface area contributed by atoms with Crippen LogP contribution in [-0.4, -0.2) is 9.78 Å². The molecule has 0 spiro atoms. The number of rotatable bonds is 1. The molecule has 1 saturated carbocycles. The van der Waals surface area contributed by atoms with Gasteiger partial charge in [0.05, 0.1) is 16.4 Å². The molecule has 1 aliphatic rings. The van der Waals surface area contributed by atoms with Crippen LogP contribution in [0.25, 0.3) is 0 Å². The molecule has 0 saturated heterocycles. The average molecular weight is 257 g/mol. The van der Waals surface area contributed by atoms with Gasteiger partial charge in [0.1, 0.15) is 0 Å². The van der Waals surface area contributed by atoms with Crippen LogP contribution in [0, 0.1) is 0 Å². The zero-order valence-corrected chi connectivity index (χ0v) is 10.3. The zero-order valence-electron chi connectivity index (χ0n) is 8.67. The summed E-state index contributed by atoms with van der Waals surface area (Å²) in [4.78, 5) is 0. The molecule has 0 bridgehead atoms. The molecule has 0 amide bonds. The van der Waals surface area contributed by atoms with Crippen molar-refractivity contribution in [3.63, 3.8) is 0 Å². The minimum absolute atomic E-state index is 0.722. The Kier molecular flexibility index (Phi) is 3.26. The molecule has 0 unspecified atom stereocenters. The van der Waals surface area contributed by atoms with Gasteiger partial charge in [-0.05, 0) is 28.8 Å². The van der Waals surface area contributed by atoms with Crippen LogP contribution in [-0.2, 0) is 7.05 Å². The maximum Gasteiger partial charge on any atom is 0.0635 e. The Balaban J connectivity index is 2.19. The van der Waals surface area contributed by atoms with Crippen molar-refractivity contribution < 1.29 is 0 Å².